The Hall–Kier alpha value is -2.91. The lowest BCUT2D eigenvalue weighted by Gasteiger charge is -2.12. The van der Waals surface area contributed by atoms with Crippen LogP contribution in [0.1, 0.15) is 34.8 Å². The molecule has 3 N–H and O–H groups in total. The minimum absolute atomic E-state index is 0.0183. The maximum Gasteiger partial charge on any atom is 0.416 e. The quantitative estimate of drug-likeness (QED) is 0.724. The van der Waals surface area contributed by atoms with Gasteiger partial charge < -0.3 is 20.0 Å². The number of nitrogen functional groups attached to an aromatic ring is 1. The van der Waals surface area contributed by atoms with Gasteiger partial charge >= 0.3 is 6.18 Å². The number of benzene rings is 1. The fourth-order valence-corrected chi connectivity index (χ4v) is 3.07. The number of hydrogen-bond acceptors (Lipinski definition) is 6. The van der Waals surface area contributed by atoms with Crippen LogP contribution in [0.15, 0.2) is 47.1 Å². The number of fused-ring (bicyclic) bond motifs is 1. The summed E-state index contributed by atoms with van der Waals surface area (Å²) in [5.74, 6) is 0.383. The number of halogens is 3. The number of anilines is 1. The highest BCUT2D eigenvalue weighted by Crippen LogP contribution is 2.43. The lowest BCUT2D eigenvalue weighted by Crippen LogP contribution is -2.08. The zero-order chi connectivity index (χ0) is 19.2. The van der Waals surface area contributed by atoms with E-state index in [1.54, 1.807) is 12.1 Å². The Morgan fingerprint density at radius 1 is 1.11 bits per heavy atom. The van der Waals surface area contributed by atoms with Crippen molar-refractivity contribution >= 4 is 5.95 Å². The van der Waals surface area contributed by atoms with E-state index in [-0.39, 0.29) is 12.4 Å². The molecule has 0 amide bonds. The van der Waals surface area contributed by atoms with E-state index in [0.717, 1.165) is 12.1 Å². The average Bonchev–Trinajstić information content (AvgIpc) is 3.23. The molecular formula is C18H14F3N3O3. The molecule has 0 radical (unpaired) electrons. The standard InChI is InChI=1S/C18H14F3N3O3/c19-18(20,21)10-5-3-9(4-6-10)8-12-15-13(16(25)27-12)14(23-17(22)24-15)11-2-1-7-26-11/h1-7,12,16,25H,8H2,(H2,22,23,24). The third kappa shape index (κ3) is 3.26. The zero-order valence-electron chi connectivity index (χ0n) is 13.8. The van der Waals surface area contributed by atoms with Crippen molar-refractivity contribution in [3.8, 4) is 11.5 Å². The lowest BCUT2D eigenvalue weighted by atomic mass is 10.0. The Morgan fingerprint density at radius 3 is 2.48 bits per heavy atom. The Kier molecular flexibility index (Phi) is 4.12. The third-order valence-electron chi connectivity index (χ3n) is 4.29. The summed E-state index contributed by atoms with van der Waals surface area (Å²) in [6.07, 6.45) is -4.69. The van der Waals surface area contributed by atoms with Crippen molar-refractivity contribution in [2.75, 3.05) is 5.73 Å². The fraction of sp³-hybridized carbons (Fsp3) is 0.222. The molecule has 0 spiro atoms. The first-order chi connectivity index (χ1) is 12.8. The molecule has 0 fully saturated rings. The van der Waals surface area contributed by atoms with Gasteiger partial charge in [-0.3, -0.25) is 0 Å². The van der Waals surface area contributed by atoms with Crippen molar-refractivity contribution < 1.29 is 27.4 Å². The van der Waals surface area contributed by atoms with Gasteiger partial charge in [-0.15, -0.1) is 0 Å². The highest BCUT2D eigenvalue weighted by molar-refractivity contribution is 5.61. The fourth-order valence-electron chi connectivity index (χ4n) is 3.07. The Balaban J connectivity index is 1.67. The first-order valence-corrected chi connectivity index (χ1v) is 8.04. The first kappa shape index (κ1) is 17.5. The monoisotopic (exact) mass is 377 g/mol. The van der Waals surface area contributed by atoms with Crippen LogP contribution in [0, 0.1) is 0 Å². The SMILES string of the molecule is Nc1nc(-c2ccco2)c2c(n1)C(Cc1ccc(C(F)(F)F)cc1)OC2O. The van der Waals surface area contributed by atoms with Gasteiger partial charge in [0.05, 0.1) is 23.1 Å². The highest BCUT2D eigenvalue weighted by atomic mass is 19.4. The molecule has 140 valence electrons. The van der Waals surface area contributed by atoms with Crippen LogP contribution in [-0.4, -0.2) is 15.1 Å². The minimum atomic E-state index is -4.40. The van der Waals surface area contributed by atoms with E-state index >= 15 is 0 Å². The Morgan fingerprint density at radius 2 is 1.85 bits per heavy atom. The summed E-state index contributed by atoms with van der Waals surface area (Å²) in [4.78, 5) is 8.29. The largest absolute Gasteiger partial charge is 0.463 e. The van der Waals surface area contributed by atoms with E-state index in [2.05, 4.69) is 9.97 Å². The highest BCUT2D eigenvalue weighted by Gasteiger charge is 2.37. The van der Waals surface area contributed by atoms with Crippen LogP contribution in [0.2, 0.25) is 0 Å². The summed E-state index contributed by atoms with van der Waals surface area (Å²) in [5, 5.41) is 10.3. The average molecular weight is 377 g/mol. The second kappa shape index (κ2) is 6.36. The van der Waals surface area contributed by atoms with Crippen LogP contribution < -0.4 is 5.73 Å². The van der Waals surface area contributed by atoms with Gasteiger partial charge in [-0.2, -0.15) is 13.2 Å². The van der Waals surface area contributed by atoms with Crippen molar-refractivity contribution in [3.05, 3.63) is 65.0 Å². The second-order valence-electron chi connectivity index (χ2n) is 6.08. The topological polar surface area (TPSA) is 94.4 Å². The summed E-state index contributed by atoms with van der Waals surface area (Å²) in [7, 11) is 0. The summed E-state index contributed by atoms with van der Waals surface area (Å²) in [6.45, 7) is 0. The summed E-state index contributed by atoms with van der Waals surface area (Å²) < 4.78 is 49.0. The molecule has 0 saturated carbocycles. The molecule has 0 bridgehead atoms. The van der Waals surface area contributed by atoms with Crippen LogP contribution in [0.5, 0.6) is 0 Å². The zero-order valence-corrected chi connectivity index (χ0v) is 13.8. The van der Waals surface area contributed by atoms with E-state index in [0.29, 0.717) is 28.3 Å². The number of aliphatic hydroxyl groups excluding tert-OH is 1. The number of hydrogen-bond donors (Lipinski definition) is 2. The summed E-state index contributed by atoms with van der Waals surface area (Å²) in [5.41, 5.74) is 6.71. The second-order valence-corrected chi connectivity index (χ2v) is 6.08. The molecule has 2 unspecified atom stereocenters. The Labute approximate surface area is 151 Å². The third-order valence-corrected chi connectivity index (χ3v) is 4.29. The van der Waals surface area contributed by atoms with Gasteiger partial charge in [0.2, 0.25) is 5.95 Å². The number of rotatable bonds is 3. The van der Waals surface area contributed by atoms with Crippen molar-refractivity contribution in [2.24, 2.45) is 0 Å². The molecule has 27 heavy (non-hydrogen) atoms. The molecule has 3 aromatic rings. The maximum absolute atomic E-state index is 12.7. The molecule has 1 aliphatic heterocycles. The molecule has 0 saturated heterocycles. The molecule has 0 aliphatic carbocycles. The number of ether oxygens (including phenoxy) is 1. The van der Waals surface area contributed by atoms with Gasteiger partial charge in [-0.25, -0.2) is 9.97 Å². The van der Waals surface area contributed by atoms with Gasteiger partial charge in [0.15, 0.2) is 12.1 Å². The van der Waals surface area contributed by atoms with Crippen molar-refractivity contribution in [1.29, 1.82) is 0 Å². The summed E-state index contributed by atoms with van der Waals surface area (Å²) >= 11 is 0. The van der Waals surface area contributed by atoms with Gasteiger partial charge in [0.25, 0.3) is 0 Å². The predicted octanol–water partition coefficient (Wildman–Crippen LogP) is 3.64. The maximum atomic E-state index is 12.7. The van der Waals surface area contributed by atoms with Gasteiger partial charge in [0, 0.05) is 6.42 Å². The van der Waals surface area contributed by atoms with Crippen molar-refractivity contribution in [2.45, 2.75) is 25.0 Å². The molecule has 4 rings (SSSR count). The smallest absolute Gasteiger partial charge is 0.416 e. The van der Waals surface area contributed by atoms with Crippen LogP contribution in [0.3, 0.4) is 0 Å². The van der Waals surface area contributed by atoms with E-state index in [9.17, 15) is 18.3 Å². The number of furan rings is 1. The normalized spacial score (nSPS) is 19.3. The molecule has 3 heterocycles. The molecule has 1 aliphatic rings. The van der Waals surface area contributed by atoms with Crippen LogP contribution in [-0.2, 0) is 17.3 Å². The van der Waals surface area contributed by atoms with Crippen molar-refractivity contribution in [3.63, 3.8) is 0 Å². The van der Waals surface area contributed by atoms with Gasteiger partial charge in [0.1, 0.15) is 11.8 Å². The van der Waals surface area contributed by atoms with Crippen molar-refractivity contribution in [1.82, 2.24) is 9.97 Å². The number of aromatic nitrogens is 2. The first-order valence-electron chi connectivity index (χ1n) is 8.04. The lowest BCUT2D eigenvalue weighted by molar-refractivity contribution is -0.137. The number of alkyl halides is 3. The van der Waals surface area contributed by atoms with Gasteiger partial charge in [-0.1, -0.05) is 12.1 Å². The number of nitrogens with two attached hydrogens (primary N) is 1. The van der Waals surface area contributed by atoms with Crippen LogP contribution in [0.4, 0.5) is 19.1 Å². The predicted molar refractivity (Wildman–Crippen MR) is 88.1 cm³/mol. The van der Waals surface area contributed by atoms with E-state index in [1.165, 1.54) is 18.4 Å². The molecular weight excluding hydrogens is 363 g/mol. The van der Waals surface area contributed by atoms with E-state index in [1.807, 2.05) is 0 Å². The van der Waals surface area contributed by atoms with Gasteiger partial charge in [-0.05, 0) is 29.8 Å². The van der Waals surface area contributed by atoms with E-state index < -0.39 is 24.1 Å². The molecule has 2 atom stereocenters. The number of aliphatic hydroxyl groups is 1. The molecule has 1 aromatic carbocycles. The molecule has 2 aromatic heterocycles. The van der Waals surface area contributed by atoms with Crippen LogP contribution >= 0.6 is 0 Å². The van der Waals surface area contributed by atoms with Crippen LogP contribution in [0.25, 0.3) is 11.5 Å². The van der Waals surface area contributed by atoms with E-state index in [4.69, 9.17) is 14.9 Å². The Bertz CT molecular complexity index is 956. The minimum Gasteiger partial charge on any atom is -0.463 e. The summed E-state index contributed by atoms with van der Waals surface area (Å²) in [6, 6.07) is 8.08. The molecule has 9 heteroatoms. The molecule has 6 nitrogen and oxygen atoms in total. The number of nitrogens with zero attached hydrogens (tertiary/aromatic N) is 2.